The molecule has 0 nitrogen and oxygen atoms in total. The molecule has 0 aliphatic rings. The Bertz CT molecular complexity index is 106. The maximum atomic E-state index is 11.8. The van der Waals surface area contributed by atoms with Crippen molar-refractivity contribution in [2.24, 2.45) is 0 Å². The van der Waals surface area contributed by atoms with Crippen molar-refractivity contribution in [2.45, 2.75) is 25.2 Å². The fourth-order valence-electron chi connectivity index (χ4n) is 0.399. The molecule has 0 spiro atoms. The van der Waals surface area contributed by atoms with Crippen LogP contribution >= 0.6 is 0 Å². The Morgan fingerprint density at radius 1 is 1.18 bits per heavy atom. The lowest BCUT2D eigenvalue weighted by Gasteiger charge is -2.10. The zero-order valence-corrected chi connectivity index (χ0v) is 5.26. The van der Waals surface area contributed by atoms with Gasteiger partial charge in [-0.15, -0.1) is 0 Å². The van der Waals surface area contributed by atoms with Crippen molar-refractivity contribution in [2.75, 3.05) is 0 Å². The highest BCUT2D eigenvalue weighted by molar-refractivity contribution is 4.70. The number of hydrogen-bond donors (Lipinski definition) is 0. The molecule has 0 saturated carbocycles. The van der Waals surface area contributed by atoms with Crippen LogP contribution in [0, 0.1) is 6.43 Å². The minimum absolute atomic E-state index is 1.14. The number of rotatable bonds is 3. The standard InChI is InChI=1S/C5H5F6/c6-3(5(9,10)11)1-2-4(7)8/h3H,1-2H2. The van der Waals surface area contributed by atoms with Gasteiger partial charge in [-0.05, 0) is 6.42 Å². The van der Waals surface area contributed by atoms with E-state index >= 15 is 0 Å². The second kappa shape index (κ2) is 3.82. The van der Waals surface area contributed by atoms with E-state index in [4.69, 9.17) is 0 Å². The highest BCUT2D eigenvalue weighted by atomic mass is 19.4. The van der Waals surface area contributed by atoms with Crippen molar-refractivity contribution in [3.8, 4) is 0 Å². The van der Waals surface area contributed by atoms with Gasteiger partial charge in [0, 0.05) is 6.42 Å². The molecule has 1 unspecified atom stereocenters. The van der Waals surface area contributed by atoms with Crippen LogP contribution in [0.4, 0.5) is 26.3 Å². The van der Waals surface area contributed by atoms with Crippen molar-refractivity contribution < 1.29 is 26.3 Å². The molecule has 0 fully saturated rings. The van der Waals surface area contributed by atoms with Gasteiger partial charge in [0.1, 0.15) is 0 Å². The first-order valence-corrected chi connectivity index (χ1v) is 2.71. The summed E-state index contributed by atoms with van der Waals surface area (Å²) in [6.07, 6.45) is -12.7. The summed E-state index contributed by atoms with van der Waals surface area (Å²) in [6, 6.07) is 0. The topological polar surface area (TPSA) is 0 Å². The van der Waals surface area contributed by atoms with Crippen LogP contribution < -0.4 is 0 Å². The van der Waals surface area contributed by atoms with Crippen molar-refractivity contribution in [3.63, 3.8) is 0 Å². The van der Waals surface area contributed by atoms with Crippen LogP contribution in [-0.2, 0) is 0 Å². The van der Waals surface area contributed by atoms with Gasteiger partial charge in [-0.3, -0.25) is 0 Å². The summed E-state index contributed by atoms with van der Waals surface area (Å²) >= 11 is 0. The summed E-state index contributed by atoms with van der Waals surface area (Å²) < 4.78 is 67.9. The van der Waals surface area contributed by atoms with Gasteiger partial charge in [-0.2, -0.15) is 22.0 Å². The Kier molecular flexibility index (Phi) is 3.68. The van der Waals surface area contributed by atoms with Gasteiger partial charge < -0.3 is 0 Å². The van der Waals surface area contributed by atoms with Crippen LogP contribution in [0.1, 0.15) is 12.8 Å². The predicted molar refractivity (Wildman–Crippen MR) is 25.6 cm³/mol. The fraction of sp³-hybridized carbons (Fsp3) is 0.800. The number of alkyl halides is 4. The van der Waals surface area contributed by atoms with E-state index in [1.54, 1.807) is 0 Å². The second-order valence-electron chi connectivity index (χ2n) is 1.89. The van der Waals surface area contributed by atoms with Gasteiger partial charge in [0.05, 0.1) is 0 Å². The first-order valence-electron chi connectivity index (χ1n) is 2.71. The van der Waals surface area contributed by atoms with E-state index in [0.717, 1.165) is 0 Å². The molecule has 1 atom stereocenters. The van der Waals surface area contributed by atoms with Crippen LogP contribution in [0.25, 0.3) is 0 Å². The molecular formula is C5H5F6. The first kappa shape index (κ1) is 10.6. The first-order chi connectivity index (χ1) is 4.84. The van der Waals surface area contributed by atoms with Crippen LogP contribution in [0.15, 0.2) is 0 Å². The molecule has 0 rings (SSSR count). The highest BCUT2D eigenvalue weighted by Crippen LogP contribution is 2.28. The Labute approximate surface area is 59.2 Å². The van der Waals surface area contributed by atoms with Gasteiger partial charge in [-0.1, -0.05) is 0 Å². The Hall–Kier alpha value is -0.420. The van der Waals surface area contributed by atoms with E-state index in [1.807, 2.05) is 0 Å². The molecule has 1 radical (unpaired) electrons. The monoisotopic (exact) mass is 179 g/mol. The minimum Gasteiger partial charge on any atom is -0.237 e. The van der Waals surface area contributed by atoms with Crippen molar-refractivity contribution in [1.82, 2.24) is 0 Å². The quantitative estimate of drug-likeness (QED) is 0.584. The molecule has 6 heteroatoms. The van der Waals surface area contributed by atoms with E-state index in [1.165, 1.54) is 0 Å². The molecule has 0 saturated heterocycles. The fourth-order valence-corrected chi connectivity index (χ4v) is 0.399. The molecule has 0 bridgehead atoms. The lowest BCUT2D eigenvalue weighted by molar-refractivity contribution is -0.182. The van der Waals surface area contributed by atoms with Crippen molar-refractivity contribution in [1.29, 1.82) is 0 Å². The van der Waals surface area contributed by atoms with Crippen LogP contribution in [0.3, 0.4) is 0 Å². The molecule has 11 heavy (non-hydrogen) atoms. The zero-order valence-electron chi connectivity index (χ0n) is 5.26. The van der Waals surface area contributed by atoms with Crippen molar-refractivity contribution in [3.05, 3.63) is 6.43 Å². The Morgan fingerprint density at radius 3 is 1.91 bits per heavy atom. The molecule has 0 aliphatic carbocycles. The third kappa shape index (κ3) is 4.92. The molecule has 0 aromatic rings. The summed E-state index contributed by atoms with van der Waals surface area (Å²) in [5.74, 6) is 0. The van der Waals surface area contributed by atoms with Crippen LogP contribution in [0.5, 0.6) is 0 Å². The molecular weight excluding hydrogens is 174 g/mol. The smallest absolute Gasteiger partial charge is 0.237 e. The van der Waals surface area contributed by atoms with Crippen LogP contribution in [0.2, 0.25) is 0 Å². The summed E-state index contributed by atoms with van der Waals surface area (Å²) in [5, 5.41) is 0. The predicted octanol–water partition coefficient (Wildman–Crippen LogP) is 3.10. The molecule has 0 aromatic carbocycles. The average molecular weight is 179 g/mol. The van der Waals surface area contributed by atoms with E-state index < -0.39 is 31.6 Å². The van der Waals surface area contributed by atoms with Gasteiger partial charge >= 0.3 is 12.6 Å². The normalized spacial score (nSPS) is 15.5. The molecule has 0 aliphatic heterocycles. The maximum Gasteiger partial charge on any atom is 0.419 e. The lowest BCUT2D eigenvalue weighted by atomic mass is 10.2. The SMILES string of the molecule is F[C](F)CCC(F)C(F)(F)F. The van der Waals surface area contributed by atoms with Gasteiger partial charge in [0.15, 0.2) is 6.17 Å². The molecule has 0 amide bonds. The molecule has 0 heterocycles. The number of halogens is 6. The Morgan fingerprint density at radius 2 is 1.64 bits per heavy atom. The van der Waals surface area contributed by atoms with E-state index in [9.17, 15) is 26.3 Å². The Balaban J connectivity index is 3.61. The highest BCUT2D eigenvalue weighted by Gasteiger charge is 2.40. The minimum atomic E-state index is -5.02. The number of hydrogen-bond acceptors (Lipinski definition) is 0. The van der Waals surface area contributed by atoms with Crippen LogP contribution in [-0.4, -0.2) is 12.3 Å². The zero-order chi connectivity index (χ0) is 9.07. The third-order valence-corrected chi connectivity index (χ3v) is 0.942. The molecule has 0 aromatic heterocycles. The van der Waals surface area contributed by atoms with Crippen molar-refractivity contribution >= 4 is 0 Å². The average Bonchev–Trinajstić information content (AvgIpc) is 1.80. The van der Waals surface area contributed by atoms with Gasteiger partial charge in [0.2, 0.25) is 0 Å². The summed E-state index contributed by atoms with van der Waals surface area (Å²) in [4.78, 5) is 0. The van der Waals surface area contributed by atoms with E-state index in [2.05, 4.69) is 0 Å². The largest absolute Gasteiger partial charge is 0.419 e. The third-order valence-electron chi connectivity index (χ3n) is 0.942. The maximum absolute atomic E-state index is 11.8. The van der Waals surface area contributed by atoms with Gasteiger partial charge in [0.25, 0.3) is 0 Å². The lowest BCUT2D eigenvalue weighted by Crippen LogP contribution is -2.24. The summed E-state index contributed by atoms with van der Waals surface area (Å²) in [5.41, 5.74) is 0. The summed E-state index contributed by atoms with van der Waals surface area (Å²) in [7, 11) is 0. The second-order valence-corrected chi connectivity index (χ2v) is 1.89. The van der Waals surface area contributed by atoms with E-state index in [0.29, 0.717) is 0 Å². The molecule has 0 N–H and O–H groups in total. The van der Waals surface area contributed by atoms with Gasteiger partial charge in [-0.25, -0.2) is 4.39 Å². The summed E-state index contributed by atoms with van der Waals surface area (Å²) in [6.45, 7) is 0. The van der Waals surface area contributed by atoms with E-state index in [-0.39, 0.29) is 0 Å². The molecule has 67 valence electrons.